The molecule has 1 aromatic carbocycles. The summed E-state index contributed by atoms with van der Waals surface area (Å²) in [6.07, 6.45) is 0. The SMILES string of the molecule is CC1CN(Cc2ccc(O)c(Cl)c2)CC(C)N1C. The zero-order chi connectivity index (χ0) is 13.3. The van der Waals surface area contributed by atoms with Gasteiger partial charge in [-0.05, 0) is 38.6 Å². The highest BCUT2D eigenvalue weighted by atomic mass is 35.5. The molecule has 100 valence electrons. The largest absolute Gasteiger partial charge is 0.506 e. The molecule has 0 spiro atoms. The second kappa shape index (κ2) is 5.47. The lowest BCUT2D eigenvalue weighted by atomic mass is 10.1. The first-order valence-electron chi connectivity index (χ1n) is 6.39. The van der Waals surface area contributed by atoms with E-state index in [0.717, 1.165) is 25.2 Å². The average Bonchev–Trinajstić information content (AvgIpc) is 2.31. The Bertz CT molecular complexity index is 412. The van der Waals surface area contributed by atoms with E-state index in [9.17, 15) is 5.11 Å². The van der Waals surface area contributed by atoms with Crippen molar-refractivity contribution in [1.82, 2.24) is 9.80 Å². The summed E-state index contributed by atoms with van der Waals surface area (Å²) in [6, 6.07) is 6.60. The Morgan fingerprint density at radius 3 is 2.44 bits per heavy atom. The van der Waals surface area contributed by atoms with Crippen molar-refractivity contribution in [2.24, 2.45) is 0 Å². The van der Waals surface area contributed by atoms with E-state index in [1.54, 1.807) is 6.07 Å². The molecular weight excluding hydrogens is 248 g/mol. The molecular formula is C14H21ClN2O. The van der Waals surface area contributed by atoms with Crippen LogP contribution in [-0.4, -0.2) is 47.1 Å². The Hall–Kier alpha value is -0.770. The van der Waals surface area contributed by atoms with Crippen LogP contribution in [0, 0.1) is 0 Å². The Balaban J connectivity index is 2.03. The predicted octanol–water partition coefficient (Wildman–Crippen LogP) is 2.57. The van der Waals surface area contributed by atoms with E-state index in [2.05, 4.69) is 30.7 Å². The first kappa shape index (κ1) is 13.7. The molecule has 1 aliphatic heterocycles. The molecule has 0 saturated carbocycles. The number of rotatable bonds is 2. The van der Waals surface area contributed by atoms with Gasteiger partial charge < -0.3 is 5.11 Å². The van der Waals surface area contributed by atoms with E-state index in [1.165, 1.54) is 0 Å². The molecule has 2 atom stereocenters. The van der Waals surface area contributed by atoms with Crippen molar-refractivity contribution < 1.29 is 5.11 Å². The van der Waals surface area contributed by atoms with E-state index in [-0.39, 0.29) is 5.75 Å². The summed E-state index contributed by atoms with van der Waals surface area (Å²) in [4.78, 5) is 4.86. The summed E-state index contributed by atoms with van der Waals surface area (Å²) >= 11 is 5.94. The Morgan fingerprint density at radius 2 is 1.89 bits per heavy atom. The third-order valence-electron chi connectivity index (χ3n) is 3.85. The molecule has 2 unspecified atom stereocenters. The second-order valence-corrected chi connectivity index (χ2v) is 5.75. The number of hydrogen-bond acceptors (Lipinski definition) is 3. The Labute approximate surface area is 114 Å². The van der Waals surface area contributed by atoms with Gasteiger partial charge in [-0.2, -0.15) is 0 Å². The number of nitrogens with zero attached hydrogens (tertiary/aromatic N) is 2. The van der Waals surface area contributed by atoms with Gasteiger partial charge in [0.05, 0.1) is 5.02 Å². The molecule has 1 fully saturated rings. The number of phenolic OH excluding ortho intramolecular Hbond substituents is 1. The van der Waals surface area contributed by atoms with Gasteiger partial charge in [0.2, 0.25) is 0 Å². The molecule has 0 aliphatic carbocycles. The maximum absolute atomic E-state index is 9.42. The third-order valence-corrected chi connectivity index (χ3v) is 4.16. The lowest BCUT2D eigenvalue weighted by molar-refractivity contribution is 0.0556. The summed E-state index contributed by atoms with van der Waals surface area (Å²) < 4.78 is 0. The van der Waals surface area contributed by atoms with Crippen LogP contribution in [0.4, 0.5) is 0 Å². The monoisotopic (exact) mass is 268 g/mol. The third kappa shape index (κ3) is 2.97. The fourth-order valence-corrected chi connectivity index (χ4v) is 2.75. The van der Waals surface area contributed by atoms with Crippen molar-refractivity contribution in [3.63, 3.8) is 0 Å². The maximum atomic E-state index is 9.42. The van der Waals surface area contributed by atoms with Gasteiger partial charge in [0.15, 0.2) is 0 Å². The molecule has 1 aromatic rings. The van der Waals surface area contributed by atoms with Crippen molar-refractivity contribution in [2.45, 2.75) is 32.5 Å². The fraction of sp³-hybridized carbons (Fsp3) is 0.571. The van der Waals surface area contributed by atoms with Crippen molar-refractivity contribution in [3.8, 4) is 5.75 Å². The molecule has 0 aromatic heterocycles. The van der Waals surface area contributed by atoms with Gasteiger partial charge >= 0.3 is 0 Å². The summed E-state index contributed by atoms with van der Waals surface area (Å²) in [7, 11) is 2.18. The van der Waals surface area contributed by atoms with Gasteiger partial charge in [0.1, 0.15) is 5.75 Å². The maximum Gasteiger partial charge on any atom is 0.134 e. The molecule has 3 nitrogen and oxygen atoms in total. The molecule has 1 heterocycles. The first-order chi connectivity index (χ1) is 8.47. The van der Waals surface area contributed by atoms with Crippen LogP contribution in [0.3, 0.4) is 0 Å². The average molecular weight is 269 g/mol. The molecule has 0 amide bonds. The van der Waals surface area contributed by atoms with Gasteiger partial charge in [0, 0.05) is 31.7 Å². The first-order valence-corrected chi connectivity index (χ1v) is 6.77. The zero-order valence-electron chi connectivity index (χ0n) is 11.2. The number of piperazine rings is 1. The topological polar surface area (TPSA) is 26.7 Å². The van der Waals surface area contributed by atoms with Crippen LogP contribution < -0.4 is 0 Å². The number of aromatic hydroxyl groups is 1. The summed E-state index contributed by atoms with van der Waals surface area (Å²) in [5.74, 6) is 0.153. The normalized spacial score (nSPS) is 26.4. The fourth-order valence-electron chi connectivity index (χ4n) is 2.55. The van der Waals surface area contributed by atoms with E-state index in [0.29, 0.717) is 17.1 Å². The van der Waals surface area contributed by atoms with Crippen molar-refractivity contribution in [1.29, 1.82) is 0 Å². The molecule has 4 heteroatoms. The minimum Gasteiger partial charge on any atom is -0.506 e. The molecule has 1 saturated heterocycles. The summed E-state index contributed by atoms with van der Waals surface area (Å²) in [5, 5.41) is 9.85. The number of likely N-dealkylation sites (N-methyl/N-ethyl adjacent to an activating group) is 1. The highest BCUT2D eigenvalue weighted by Crippen LogP contribution is 2.25. The number of phenols is 1. The van der Waals surface area contributed by atoms with Crippen molar-refractivity contribution >= 4 is 11.6 Å². The minimum absolute atomic E-state index is 0.153. The van der Waals surface area contributed by atoms with Gasteiger partial charge in [-0.25, -0.2) is 0 Å². The van der Waals surface area contributed by atoms with E-state index in [1.807, 2.05) is 12.1 Å². The van der Waals surface area contributed by atoms with Crippen LogP contribution in [-0.2, 0) is 6.54 Å². The highest BCUT2D eigenvalue weighted by Gasteiger charge is 2.26. The van der Waals surface area contributed by atoms with Crippen LogP contribution in [0.2, 0.25) is 5.02 Å². The van der Waals surface area contributed by atoms with Crippen LogP contribution in [0.5, 0.6) is 5.75 Å². The molecule has 18 heavy (non-hydrogen) atoms. The van der Waals surface area contributed by atoms with Crippen LogP contribution in [0.1, 0.15) is 19.4 Å². The van der Waals surface area contributed by atoms with Crippen molar-refractivity contribution in [2.75, 3.05) is 20.1 Å². The number of benzene rings is 1. The quantitative estimate of drug-likeness (QED) is 0.893. The highest BCUT2D eigenvalue weighted by molar-refractivity contribution is 6.32. The lowest BCUT2D eigenvalue weighted by Gasteiger charge is -2.42. The molecule has 0 bridgehead atoms. The van der Waals surface area contributed by atoms with Crippen LogP contribution >= 0.6 is 11.6 Å². The lowest BCUT2D eigenvalue weighted by Crippen LogP contribution is -2.54. The Morgan fingerprint density at radius 1 is 1.28 bits per heavy atom. The standard InChI is InChI=1S/C14H21ClN2O/c1-10-7-17(8-11(2)16(10)3)9-12-4-5-14(18)13(15)6-12/h4-6,10-11,18H,7-9H2,1-3H3. The van der Waals surface area contributed by atoms with E-state index >= 15 is 0 Å². The summed E-state index contributed by atoms with van der Waals surface area (Å²) in [6.45, 7) is 7.54. The molecule has 1 N–H and O–H groups in total. The van der Waals surface area contributed by atoms with Gasteiger partial charge in [-0.15, -0.1) is 0 Å². The number of halogens is 1. The zero-order valence-corrected chi connectivity index (χ0v) is 12.0. The molecule has 0 radical (unpaired) electrons. The van der Waals surface area contributed by atoms with Gasteiger partial charge in [-0.1, -0.05) is 17.7 Å². The molecule has 1 aliphatic rings. The van der Waals surface area contributed by atoms with E-state index < -0.39 is 0 Å². The minimum atomic E-state index is 0.153. The van der Waals surface area contributed by atoms with Crippen molar-refractivity contribution in [3.05, 3.63) is 28.8 Å². The van der Waals surface area contributed by atoms with Gasteiger partial charge in [0.25, 0.3) is 0 Å². The Kier molecular flexibility index (Phi) is 4.15. The van der Waals surface area contributed by atoms with Gasteiger partial charge in [-0.3, -0.25) is 9.80 Å². The van der Waals surface area contributed by atoms with E-state index in [4.69, 9.17) is 11.6 Å². The number of hydrogen-bond donors (Lipinski definition) is 1. The predicted molar refractivity (Wildman–Crippen MR) is 75.1 cm³/mol. The molecule has 2 rings (SSSR count). The van der Waals surface area contributed by atoms with Crippen LogP contribution in [0.15, 0.2) is 18.2 Å². The second-order valence-electron chi connectivity index (χ2n) is 5.34. The summed E-state index contributed by atoms with van der Waals surface area (Å²) in [5.41, 5.74) is 1.15. The smallest absolute Gasteiger partial charge is 0.134 e. The van der Waals surface area contributed by atoms with Crippen LogP contribution in [0.25, 0.3) is 0 Å².